The molecule has 12 heteroatoms. The Balaban J connectivity index is 1.42. The van der Waals surface area contributed by atoms with Crippen molar-refractivity contribution in [2.45, 2.75) is 25.2 Å². The number of halogens is 3. The van der Waals surface area contributed by atoms with Gasteiger partial charge < -0.3 is 29.2 Å². The average molecular weight is 511 g/mol. The second-order valence-electron chi connectivity index (χ2n) is 7.48. The third kappa shape index (κ3) is 6.56. The number of aliphatic hydroxyl groups excluding tert-OH is 1. The zero-order chi connectivity index (χ0) is 25.0. The summed E-state index contributed by atoms with van der Waals surface area (Å²) < 4.78 is 60.1. The van der Waals surface area contributed by atoms with Crippen LogP contribution in [0.15, 0.2) is 65.3 Å². The molecular formula is C23H20F3NO7S. The van der Waals surface area contributed by atoms with Crippen molar-refractivity contribution in [3.05, 3.63) is 91.8 Å². The Morgan fingerprint density at radius 2 is 1.83 bits per heavy atom. The number of H-pyrrole nitrogens is 1. The fraction of sp³-hybridized carbons (Fsp3) is 0.261. The molecule has 8 nitrogen and oxygen atoms in total. The molecule has 1 aliphatic rings. The molecule has 35 heavy (non-hydrogen) atoms. The molecule has 0 bridgehead atoms. The molecule has 2 unspecified atom stereocenters. The molecule has 2 heterocycles. The topological polar surface area (TPSA) is 110 Å². The monoisotopic (exact) mass is 511 g/mol. The number of alkyl halides is 3. The van der Waals surface area contributed by atoms with Gasteiger partial charge in [0, 0.05) is 6.42 Å². The third-order valence-corrected chi connectivity index (χ3v) is 5.87. The summed E-state index contributed by atoms with van der Waals surface area (Å²) in [4.78, 5) is 13.8. The Labute approximate surface area is 200 Å². The zero-order valence-electron chi connectivity index (χ0n) is 17.9. The quantitative estimate of drug-likeness (QED) is 0.398. The number of benzene rings is 2. The van der Waals surface area contributed by atoms with Crippen LogP contribution in [0.1, 0.15) is 27.7 Å². The van der Waals surface area contributed by atoms with Gasteiger partial charge in [-0.05, 0) is 35.4 Å². The first-order valence-electron chi connectivity index (χ1n) is 10.3. The van der Waals surface area contributed by atoms with E-state index in [1.807, 2.05) is 0 Å². The Hall–Kier alpha value is -3.48. The van der Waals surface area contributed by atoms with Gasteiger partial charge in [0.1, 0.15) is 31.3 Å². The fourth-order valence-electron chi connectivity index (χ4n) is 3.23. The first kappa shape index (κ1) is 24.6. The standard InChI is InChI=1S/C23H20F3NO7S/c24-23(25,26)15-5-3-14(4-6-15)18(32-10-17-11-33-22(30)34-17)12-31-16-7-1-13(2-8-16)9-19-20(28)27-21(29)35-19/h1-8,11,18,22,28,30H,9-10,12H2,(H,27,29). The van der Waals surface area contributed by atoms with Crippen molar-refractivity contribution in [2.75, 3.05) is 13.2 Å². The molecule has 1 aromatic heterocycles. The van der Waals surface area contributed by atoms with Crippen molar-refractivity contribution < 1.29 is 42.3 Å². The molecule has 0 amide bonds. The summed E-state index contributed by atoms with van der Waals surface area (Å²) in [7, 11) is 0. The van der Waals surface area contributed by atoms with Gasteiger partial charge in [-0.1, -0.05) is 35.6 Å². The van der Waals surface area contributed by atoms with Gasteiger partial charge in [-0.15, -0.1) is 0 Å². The maximum atomic E-state index is 12.9. The molecular weight excluding hydrogens is 491 g/mol. The van der Waals surface area contributed by atoms with Crippen molar-refractivity contribution in [3.8, 4) is 11.6 Å². The van der Waals surface area contributed by atoms with Crippen LogP contribution < -0.4 is 9.61 Å². The number of aromatic hydroxyl groups is 1. The molecule has 0 aliphatic carbocycles. The summed E-state index contributed by atoms with van der Waals surface area (Å²) in [5, 5.41) is 19.0. The molecule has 0 saturated carbocycles. The minimum absolute atomic E-state index is 0.0262. The summed E-state index contributed by atoms with van der Waals surface area (Å²) in [6.45, 7) is -1.56. The zero-order valence-corrected chi connectivity index (χ0v) is 18.8. The minimum Gasteiger partial charge on any atom is -0.494 e. The van der Waals surface area contributed by atoms with Gasteiger partial charge in [0.05, 0.1) is 10.4 Å². The number of nitrogens with one attached hydrogen (secondary N) is 1. The fourth-order valence-corrected chi connectivity index (χ4v) is 3.99. The predicted octanol–water partition coefficient (Wildman–Crippen LogP) is 4.05. The number of rotatable bonds is 9. The first-order valence-corrected chi connectivity index (χ1v) is 11.1. The van der Waals surface area contributed by atoms with Crippen LogP contribution in [-0.2, 0) is 26.8 Å². The van der Waals surface area contributed by atoms with E-state index in [1.54, 1.807) is 24.3 Å². The largest absolute Gasteiger partial charge is 0.494 e. The molecule has 2 atom stereocenters. The predicted molar refractivity (Wildman–Crippen MR) is 118 cm³/mol. The third-order valence-electron chi connectivity index (χ3n) is 4.99. The van der Waals surface area contributed by atoms with Crippen LogP contribution in [0.4, 0.5) is 13.2 Å². The number of aromatic nitrogens is 1. The molecule has 186 valence electrons. The van der Waals surface area contributed by atoms with Gasteiger partial charge in [-0.3, -0.25) is 9.78 Å². The van der Waals surface area contributed by atoms with E-state index in [2.05, 4.69) is 4.98 Å². The van der Waals surface area contributed by atoms with Gasteiger partial charge in [-0.25, -0.2) is 0 Å². The lowest BCUT2D eigenvalue weighted by molar-refractivity contribution is -0.191. The highest BCUT2D eigenvalue weighted by atomic mass is 32.1. The number of thiazole rings is 1. The van der Waals surface area contributed by atoms with Gasteiger partial charge >= 0.3 is 17.5 Å². The lowest BCUT2D eigenvalue weighted by atomic mass is 10.1. The smallest absolute Gasteiger partial charge is 0.416 e. The van der Waals surface area contributed by atoms with Crippen LogP contribution >= 0.6 is 11.3 Å². The van der Waals surface area contributed by atoms with E-state index in [0.29, 0.717) is 22.6 Å². The number of aliphatic hydroxyl groups is 1. The number of hydrogen-bond donors (Lipinski definition) is 3. The highest BCUT2D eigenvalue weighted by molar-refractivity contribution is 7.09. The van der Waals surface area contributed by atoms with E-state index in [9.17, 15) is 28.2 Å². The van der Waals surface area contributed by atoms with Crippen LogP contribution in [0.25, 0.3) is 0 Å². The summed E-state index contributed by atoms with van der Waals surface area (Å²) in [6, 6.07) is 11.5. The molecule has 0 saturated heterocycles. The number of aromatic amines is 1. The van der Waals surface area contributed by atoms with E-state index in [4.69, 9.17) is 18.9 Å². The van der Waals surface area contributed by atoms with E-state index < -0.39 is 24.3 Å². The SMILES string of the molecule is O=c1[nH]c(O)c(Cc2ccc(OCC(OCC3=COC(O)O3)c3ccc(C(F)(F)F)cc3)cc2)s1. The molecule has 2 aromatic carbocycles. The molecule has 4 rings (SSSR count). The maximum Gasteiger partial charge on any atom is 0.416 e. The van der Waals surface area contributed by atoms with Crippen molar-refractivity contribution in [3.63, 3.8) is 0 Å². The van der Waals surface area contributed by atoms with Crippen LogP contribution in [-0.4, -0.2) is 34.9 Å². The summed E-state index contributed by atoms with van der Waals surface area (Å²) >= 11 is 0.925. The second-order valence-corrected chi connectivity index (χ2v) is 8.55. The highest BCUT2D eigenvalue weighted by Gasteiger charge is 2.30. The Morgan fingerprint density at radius 3 is 2.40 bits per heavy atom. The molecule has 0 spiro atoms. The second kappa shape index (κ2) is 10.4. The molecule has 0 fully saturated rings. The molecule has 3 aromatic rings. The van der Waals surface area contributed by atoms with Crippen molar-refractivity contribution in [1.29, 1.82) is 0 Å². The lowest BCUT2D eigenvalue weighted by Crippen LogP contribution is -2.17. The van der Waals surface area contributed by atoms with E-state index in [1.165, 1.54) is 18.4 Å². The average Bonchev–Trinajstić information content (AvgIpc) is 3.38. The van der Waals surface area contributed by atoms with Gasteiger partial charge in [0.25, 0.3) is 0 Å². The molecule has 1 aliphatic heterocycles. The van der Waals surface area contributed by atoms with Crippen molar-refractivity contribution >= 4 is 11.3 Å². The first-order chi connectivity index (χ1) is 16.7. The van der Waals surface area contributed by atoms with Gasteiger partial charge in [-0.2, -0.15) is 13.2 Å². The van der Waals surface area contributed by atoms with Crippen molar-refractivity contribution in [2.24, 2.45) is 0 Å². The number of hydrogen-bond acceptors (Lipinski definition) is 8. The maximum absolute atomic E-state index is 12.9. The van der Waals surface area contributed by atoms with E-state index >= 15 is 0 Å². The van der Waals surface area contributed by atoms with Crippen LogP contribution in [0.3, 0.4) is 0 Å². The summed E-state index contributed by atoms with van der Waals surface area (Å²) in [5.74, 6) is 0.543. The molecule has 3 N–H and O–H groups in total. The van der Waals surface area contributed by atoms with Gasteiger partial charge in [0.15, 0.2) is 5.76 Å². The Kier molecular flexibility index (Phi) is 7.34. The Morgan fingerprint density at radius 1 is 1.11 bits per heavy atom. The van der Waals surface area contributed by atoms with Gasteiger partial charge in [0.2, 0.25) is 5.88 Å². The van der Waals surface area contributed by atoms with E-state index in [-0.39, 0.29) is 29.7 Å². The Bertz CT molecular complexity index is 1220. The van der Waals surface area contributed by atoms with Crippen LogP contribution in [0.2, 0.25) is 0 Å². The lowest BCUT2D eigenvalue weighted by Gasteiger charge is -2.20. The van der Waals surface area contributed by atoms with E-state index in [0.717, 1.165) is 29.0 Å². The highest BCUT2D eigenvalue weighted by Crippen LogP contribution is 2.31. The number of ether oxygens (including phenoxy) is 4. The normalized spacial score (nSPS) is 16.3. The summed E-state index contributed by atoms with van der Waals surface area (Å²) in [6.07, 6.45) is -3.67. The van der Waals surface area contributed by atoms with Crippen LogP contribution in [0, 0.1) is 0 Å². The van der Waals surface area contributed by atoms with Crippen molar-refractivity contribution in [1.82, 2.24) is 4.98 Å². The van der Waals surface area contributed by atoms with Crippen LogP contribution in [0.5, 0.6) is 11.6 Å². The molecule has 0 radical (unpaired) electrons. The summed E-state index contributed by atoms with van der Waals surface area (Å²) in [5.41, 5.74) is 0.503. The minimum atomic E-state index is -4.46.